The summed E-state index contributed by atoms with van der Waals surface area (Å²) in [6, 6.07) is 0. The first kappa shape index (κ1) is 23.7. The second-order valence-corrected chi connectivity index (χ2v) is 11.6. The number of rotatable bonds is 11. The topological polar surface area (TPSA) is 0 Å². The molecule has 0 radical (unpaired) electrons. The summed E-state index contributed by atoms with van der Waals surface area (Å²) < 4.78 is 0. The summed E-state index contributed by atoms with van der Waals surface area (Å²) in [6.07, 6.45) is 32.2. The molecule has 0 N–H and O–H groups in total. The van der Waals surface area contributed by atoms with Crippen molar-refractivity contribution in [2.45, 2.75) is 149 Å². The lowest BCUT2D eigenvalue weighted by molar-refractivity contribution is 0.102. The summed E-state index contributed by atoms with van der Waals surface area (Å²) in [6.45, 7) is 4.68. The molecule has 3 rings (SSSR count). The van der Waals surface area contributed by atoms with Crippen molar-refractivity contribution in [1.29, 1.82) is 0 Å². The molecule has 0 nitrogen and oxygen atoms in total. The van der Waals surface area contributed by atoms with E-state index in [2.05, 4.69) is 13.8 Å². The molecule has 0 aliphatic heterocycles. The third kappa shape index (κ3) is 7.88. The minimum absolute atomic E-state index is 1.09. The van der Waals surface area contributed by atoms with Crippen LogP contribution in [0, 0.1) is 35.5 Å². The van der Waals surface area contributed by atoms with Gasteiger partial charge in [0.2, 0.25) is 0 Å². The number of hydrogen-bond donors (Lipinski definition) is 0. The molecule has 0 amide bonds. The molecule has 3 aliphatic carbocycles. The van der Waals surface area contributed by atoms with Crippen LogP contribution in [0.3, 0.4) is 0 Å². The van der Waals surface area contributed by atoms with Crippen LogP contribution in [0.2, 0.25) is 0 Å². The highest BCUT2D eigenvalue weighted by molar-refractivity contribution is 4.85. The SMILES string of the molecule is CCCCCCCC1CCC(C2CCC(C3CCC(CCCC)CC3)CC2)CC1. The Hall–Kier alpha value is 0. The Labute approximate surface area is 184 Å². The maximum absolute atomic E-state index is 2.35. The third-order valence-corrected chi connectivity index (χ3v) is 9.61. The van der Waals surface area contributed by atoms with Gasteiger partial charge in [-0.2, -0.15) is 0 Å². The summed E-state index contributed by atoms with van der Waals surface area (Å²) >= 11 is 0. The smallest absolute Gasteiger partial charge is 0.0386 e. The summed E-state index contributed by atoms with van der Waals surface area (Å²) in [4.78, 5) is 0. The van der Waals surface area contributed by atoms with E-state index in [1.807, 2.05) is 0 Å². The van der Waals surface area contributed by atoms with Crippen LogP contribution >= 0.6 is 0 Å². The highest BCUT2D eigenvalue weighted by atomic mass is 14.4. The lowest BCUT2D eigenvalue weighted by atomic mass is 9.64. The van der Waals surface area contributed by atoms with E-state index in [9.17, 15) is 0 Å². The maximum Gasteiger partial charge on any atom is -0.0386 e. The molecule has 0 unspecified atom stereocenters. The van der Waals surface area contributed by atoms with Gasteiger partial charge in [-0.1, -0.05) is 97.3 Å². The fraction of sp³-hybridized carbons (Fsp3) is 1.00. The number of hydrogen-bond acceptors (Lipinski definition) is 0. The van der Waals surface area contributed by atoms with Gasteiger partial charge in [-0.15, -0.1) is 0 Å². The van der Waals surface area contributed by atoms with Gasteiger partial charge in [0.15, 0.2) is 0 Å². The first-order chi connectivity index (χ1) is 14.3. The normalized spacial score (nSPS) is 36.2. The van der Waals surface area contributed by atoms with E-state index >= 15 is 0 Å². The molecule has 3 fully saturated rings. The molecular weight excluding hydrogens is 348 g/mol. The summed E-state index contributed by atoms with van der Waals surface area (Å²) in [5.74, 6) is 6.61. The van der Waals surface area contributed by atoms with E-state index in [0.29, 0.717) is 0 Å². The first-order valence-corrected chi connectivity index (χ1v) is 14.3. The fourth-order valence-electron chi connectivity index (χ4n) is 7.51. The molecule has 29 heavy (non-hydrogen) atoms. The van der Waals surface area contributed by atoms with Crippen LogP contribution in [0.4, 0.5) is 0 Å². The fourth-order valence-corrected chi connectivity index (χ4v) is 7.51. The molecule has 0 atom stereocenters. The predicted octanol–water partition coefficient (Wildman–Crippen LogP) is 9.96. The van der Waals surface area contributed by atoms with Gasteiger partial charge >= 0.3 is 0 Å². The Balaban J connectivity index is 1.27. The van der Waals surface area contributed by atoms with Gasteiger partial charge in [0.05, 0.1) is 0 Å². The van der Waals surface area contributed by atoms with E-state index in [-0.39, 0.29) is 0 Å². The average molecular weight is 403 g/mol. The van der Waals surface area contributed by atoms with Gasteiger partial charge in [-0.05, 0) is 86.9 Å². The molecule has 0 saturated heterocycles. The van der Waals surface area contributed by atoms with Gasteiger partial charge in [0, 0.05) is 0 Å². The zero-order valence-corrected chi connectivity index (χ0v) is 20.3. The minimum atomic E-state index is 1.09. The zero-order valence-electron chi connectivity index (χ0n) is 20.3. The predicted molar refractivity (Wildman–Crippen MR) is 129 cm³/mol. The van der Waals surface area contributed by atoms with E-state index in [0.717, 1.165) is 35.5 Å². The Kier molecular flexibility index (Phi) is 10.9. The molecule has 0 aromatic heterocycles. The van der Waals surface area contributed by atoms with Crippen LogP contribution in [0.1, 0.15) is 149 Å². The Bertz CT molecular complexity index is 388. The van der Waals surface area contributed by atoms with Gasteiger partial charge in [0.25, 0.3) is 0 Å². The molecule has 3 aliphatic rings. The van der Waals surface area contributed by atoms with Crippen LogP contribution in [-0.4, -0.2) is 0 Å². The van der Waals surface area contributed by atoms with Gasteiger partial charge < -0.3 is 0 Å². The highest BCUT2D eigenvalue weighted by Crippen LogP contribution is 2.46. The average Bonchev–Trinajstić information content (AvgIpc) is 2.78. The first-order valence-electron chi connectivity index (χ1n) is 14.3. The molecule has 0 aromatic carbocycles. The van der Waals surface area contributed by atoms with Crippen molar-refractivity contribution < 1.29 is 0 Å². The third-order valence-electron chi connectivity index (χ3n) is 9.61. The lowest BCUT2D eigenvalue weighted by Gasteiger charge is -2.41. The highest BCUT2D eigenvalue weighted by Gasteiger charge is 2.34. The lowest BCUT2D eigenvalue weighted by Crippen LogP contribution is -2.29. The minimum Gasteiger partial charge on any atom is -0.0654 e. The largest absolute Gasteiger partial charge is 0.0654 e. The van der Waals surface area contributed by atoms with Gasteiger partial charge in [0.1, 0.15) is 0 Å². The maximum atomic E-state index is 2.35. The quantitative estimate of drug-likeness (QED) is 0.301. The van der Waals surface area contributed by atoms with Crippen molar-refractivity contribution in [3.63, 3.8) is 0 Å². The molecule has 0 aromatic rings. The summed E-state index contributed by atoms with van der Waals surface area (Å²) in [5, 5.41) is 0. The number of unbranched alkanes of at least 4 members (excludes halogenated alkanes) is 5. The van der Waals surface area contributed by atoms with Crippen LogP contribution in [0.25, 0.3) is 0 Å². The molecular formula is C29H54. The van der Waals surface area contributed by atoms with Crippen LogP contribution in [0.5, 0.6) is 0 Å². The monoisotopic (exact) mass is 402 g/mol. The van der Waals surface area contributed by atoms with Crippen LogP contribution in [0.15, 0.2) is 0 Å². The van der Waals surface area contributed by atoms with Crippen LogP contribution in [-0.2, 0) is 0 Å². The van der Waals surface area contributed by atoms with Crippen molar-refractivity contribution in [3.8, 4) is 0 Å². The molecule has 0 bridgehead atoms. The molecule has 170 valence electrons. The van der Waals surface area contributed by atoms with E-state index < -0.39 is 0 Å². The standard InChI is InChI=1S/C29H54/c1-3-5-7-8-9-11-25-14-18-27(19-15-25)29-22-20-28(21-23-29)26-16-12-24(13-17-26)10-6-4-2/h24-29H,3-23H2,1-2H3. The molecule has 0 heteroatoms. The second kappa shape index (κ2) is 13.4. The summed E-state index contributed by atoms with van der Waals surface area (Å²) in [7, 11) is 0. The second-order valence-electron chi connectivity index (χ2n) is 11.6. The summed E-state index contributed by atoms with van der Waals surface area (Å²) in [5.41, 5.74) is 0. The van der Waals surface area contributed by atoms with Gasteiger partial charge in [-0.25, -0.2) is 0 Å². The molecule has 0 heterocycles. The Morgan fingerprint density at radius 3 is 1.14 bits per heavy atom. The van der Waals surface area contributed by atoms with Crippen molar-refractivity contribution in [3.05, 3.63) is 0 Å². The van der Waals surface area contributed by atoms with E-state index in [4.69, 9.17) is 0 Å². The van der Waals surface area contributed by atoms with E-state index in [1.165, 1.54) is 51.4 Å². The van der Waals surface area contributed by atoms with Crippen LogP contribution < -0.4 is 0 Å². The molecule has 0 spiro atoms. The molecule has 3 saturated carbocycles. The van der Waals surface area contributed by atoms with Gasteiger partial charge in [-0.3, -0.25) is 0 Å². The van der Waals surface area contributed by atoms with Crippen molar-refractivity contribution in [1.82, 2.24) is 0 Å². The van der Waals surface area contributed by atoms with Crippen molar-refractivity contribution >= 4 is 0 Å². The van der Waals surface area contributed by atoms with Crippen molar-refractivity contribution in [2.24, 2.45) is 35.5 Å². The van der Waals surface area contributed by atoms with E-state index in [1.54, 1.807) is 83.5 Å². The zero-order chi connectivity index (χ0) is 20.3. The Morgan fingerprint density at radius 1 is 0.379 bits per heavy atom. The van der Waals surface area contributed by atoms with Crippen molar-refractivity contribution in [2.75, 3.05) is 0 Å². The Morgan fingerprint density at radius 2 is 0.724 bits per heavy atom.